The van der Waals surface area contributed by atoms with Crippen molar-refractivity contribution in [1.82, 2.24) is 14.3 Å². The zero-order valence-electron chi connectivity index (χ0n) is 15.3. The van der Waals surface area contributed by atoms with E-state index in [0.717, 1.165) is 4.31 Å². The van der Waals surface area contributed by atoms with Gasteiger partial charge in [-0.3, -0.25) is 14.6 Å². The maximum atomic E-state index is 13.0. The fraction of sp³-hybridized carbons (Fsp3) is 0.353. The number of sulfonamides is 1. The van der Waals surface area contributed by atoms with Gasteiger partial charge in [0.1, 0.15) is 0 Å². The van der Waals surface area contributed by atoms with Crippen LogP contribution in [-0.2, 0) is 14.8 Å². The molecule has 1 amide bonds. The minimum Gasteiger partial charge on any atom is -0.326 e. The third-order valence-electron chi connectivity index (χ3n) is 4.56. The number of nitrogens with zero attached hydrogens (tertiary/aromatic N) is 1. The highest BCUT2D eigenvalue weighted by Crippen LogP contribution is 2.26. The van der Waals surface area contributed by atoms with E-state index in [1.54, 1.807) is 0 Å². The van der Waals surface area contributed by atoms with Crippen molar-refractivity contribution < 1.29 is 13.2 Å². The molecule has 3 N–H and O–H groups in total. The van der Waals surface area contributed by atoms with Gasteiger partial charge < -0.3 is 10.3 Å². The Morgan fingerprint density at radius 1 is 1.17 bits per heavy atom. The molecule has 1 fully saturated rings. The second-order valence-corrected chi connectivity index (χ2v) is 9.46. The third kappa shape index (κ3) is 4.72. The molecule has 1 aromatic carbocycles. The number of rotatable bonds is 4. The van der Waals surface area contributed by atoms with Gasteiger partial charge in [0.15, 0.2) is 4.90 Å². The Bertz CT molecular complexity index is 1150. The lowest BCUT2D eigenvalue weighted by atomic mass is 9.99. The second kappa shape index (κ2) is 8.31. The average molecular weight is 461 g/mol. The molecule has 12 heteroatoms. The topological polar surface area (TPSA) is 132 Å². The van der Waals surface area contributed by atoms with E-state index < -0.39 is 32.1 Å². The molecular weight excluding hydrogens is 443 g/mol. The molecule has 1 saturated heterocycles. The van der Waals surface area contributed by atoms with Crippen molar-refractivity contribution in [2.24, 2.45) is 5.92 Å². The van der Waals surface area contributed by atoms with E-state index in [0.29, 0.717) is 28.6 Å². The zero-order valence-corrected chi connectivity index (χ0v) is 17.6. The van der Waals surface area contributed by atoms with Crippen LogP contribution in [0.5, 0.6) is 0 Å². The molecule has 29 heavy (non-hydrogen) atoms. The Morgan fingerprint density at radius 3 is 2.45 bits per heavy atom. The number of aromatic amines is 2. The Kier molecular flexibility index (Phi) is 6.18. The van der Waals surface area contributed by atoms with Gasteiger partial charge in [-0.15, -0.1) is 0 Å². The van der Waals surface area contributed by atoms with Gasteiger partial charge in [-0.05, 0) is 38.0 Å². The van der Waals surface area contributed by atoms with Gasteiger partial charge >= 0.3 is 5.69 Å². The lowest BCUT2D eigenvalue weighted by molar-refractivity contribution is -0.120. The van der Waals surface area contributed by atoms with Gasteiger partial charge in [0.2, 0.25) is 15.9 Å². The summed E-state index contributed by atoms with van der Waals surface area (Å²) in [5.41, 5.74) is -1.44. The van der Waals surface area contributed by atoms with E-state index in [1.807, 2.05) is 4.98 Å². The molecule has 0 spiro atoms. The summed E-state index contributed by atoms with van der Waals surface area (Å²) in [5.74, 6) is -1.01. The number of carbonyl (C=O) groups is 1. The number of carbonyl (C=O) groups excluding carboxylic acids is 1. The van der Waals surface area contributed by atoms with Gasteiger partial charge in [0.25, 0.3) is 5.56 Å². The fourth-order valence-corrected chi connectivity index (χ4v) is 5.53. The van der Waals surface area contributed by atoms with Crippen LogP contribution in [0.2, 0.25) is 10.0 Å². The second-order valence-electron chi connectivity index (χ2n) is 6.71. The van der Waals surface area contributed by atoms with E-state index in [-0.39, 0.29) is 24.7 Å². The maximum Gasteiger partial charge on any atom is 0.325 e. The SMILES string of the molecule is Cc1[nH]c(=O)[nH]c(=O)c1S(=O)(=O)N1CCCC(C(=O)Nc2cc(Cl)cc(Cl)c2)C1. The third-order valence-corrected chi connectivity index (χ3v) is 7.01. The van der Waals surface area contributed by atoms with Crippen molar-refractivity contribution in [3.05, 3.63) is 54.8 Å². The highest BCUT2D eigenvalue weighted by atomic mass is 35.5. The Labute approximate surface area is 176 Å². The number of amides is 1. The monoisotopic (exact) mass is 460 g/mol. The van der Waals surface area contributed by atoms with Crippen LogP contribution in [0.4, 0.5) is 5.69 Å². The first-order valence-electron chi connectivity index (χ1n) is 8.68. The quantitative estimate of drug-likeness (QED) is 0.638. The molecule has 1 unspecified atom stereocenters. The zero-order chi connectivity index (χ0) is 21.3. The molecule has 1 aliphatic rings. The number of benzene rings is 1. The standard InChI is InChI=1S/C17H18Cl2N4O5S/c1-9-14(16(25)22-17(26)20-9)29(27,28)23-4-2-3-10(8-23)15(24)21-13-6-11(18)5-12(19)7-13/h5-7,10H,2-4,8H2,1H3,(H,21,24)(H2,20,22,25,26). The van der Waals surface area contributed by atoms with Crippen molar-refractivity contribution in [2.75, 3.05) is 18.4 Å². The molecule has 3 rings (SSSR count). The molecule has 1 aliphatic heterocycles. The largest absolute Gasteiger partial charge is 0.326 e. The molecule has 0 aliphatic carbocycles. The van der Waals surface area contributed by atoms with E-state index in [2.05, 4.69) is 10.3 Å². The Morgan fingerprint density at radius 2 is 1.83 bits per heavy atom. The van der Waals surface area contributed by atoms with Crippen molar-refractivity contribution in [2.45, 2.75) is 24.7 Å². The maximum absolute atomic E-state index is 13.0. The van der Waals surface area contributed by atoms with Gasteiger partial charge in [0.05, 0.1) is 5.92 Å². The number of hydrogen-bond donors (Lipinski definition) is 3. The first kappa shape index (κ1) is 21.6. The molecule has 2 aromatic rings. The molecule has 1 aromatic heterocycles. The summed E-state index contributed by atoms with van der Waals surface area (Å²) < 4.78 is 27.0. The summed E-state index contributed by atoms with van der Waals surface area (Å²) in [6.07, 6.45) is 0.918. The van der Waals surface area contributed by atoms with Crippen LogP contribution < -0.4 is 16.6 Å². The molecule has 0 radical (unpaired) electrons. The number of H-pyrrole nitrogens is 2. The Balaban J connectivity index is 1.82. The molecule has 9 nitrogen and oxygen atoms in total. The van der Waals surface area contributed by atoms with Crippen LogP contribution in [-0.4, -0.2) is 41.7 Å². The molecule has 2 heterocycles. The molecule has 1 atom stereocenters. The summed E-state index contributed by atoms with van der Waals surface area (Å²) in [7, 11) is -4.20. The molecule has 156 valence electrons. The van der Waals surface area contributed by atoms with Crippen LogP contribution in [0.15, 0.2) is 32.7 Å². The highest BCUT2D eigenvalue weighted by molar-refractivity contribution is 7.89. The Hall–Kier alpha value is -2.14. The number of aryl methyl sites for hydroxylation is 1. The van der Waals surface area contributed by atoms with Crippen LogP contribution >= 0.6 is 23.2 Å². The van der Waals surface area contributed by atoms with Crippen molar-refractivity contribution in [1.29, 1.82) is 0 Å². The van der Waals surface area contributed by atoms with Crippen molar-refractivity contribution in [3.8, 4) is 0 Å². The van der Waals surface area contributed by atoms with Gasteiger partial charge in [-0.2, -0.15) is 4.31 Å². The fourth-order valence-electron chi connectivity index (χ4n) is 3.27. The van der Waals surface area contributed by atoms with Gasteiger partial charge in [-0.25, -0.2) is 13.2 Å². The van der Waals surface area contributed by atoms with Crippen LogP contribution in [0.3, 0.4) is 0 Å². The molecule has 0 saturated carbocycles. The van der Waals surface area contributed by atoms with Gasteiger partial charge in [0, 0.05) is 34.5 Å². The predicted molar refractivity (Wildman–Crippen MR) is 109 cm³/mol. The first-order chi connectivity index (χ1) is 13.6. The first-order valence-corrected chi connectivity index (χ1v) is 10.9. The number of hydrogen-bond acceptors (Lipinski definition) is 5. The summed E-state index contributed by atoms with van der Waals surface area (Å²) in [4.78, 5) is 39.7. The number of piperidine rings is 1. The number of nitrogens with one attached hydrogen (secondary N) is 3. The van der Waals surface area contributed by atoms with E-state index >= 15 is 0 Å². The van der Waals surface area contributed by atoms with Crippen LogP contribution in [0, 0.1) is 12.8 Å². The number of aromatic nitrogens is 2. The van der Waals surface area contributed by atoms with Crippen LogP contribution in [0.25, 0.3) is 0 Å². The number of anilines is 1. The van der Waals surface area contributed by atoms with E-state index in [4.69, 9.17) is 23.2 Å². The van der Waals surface area contributed by atoms with Crippen molar-refractivity contribution in [3.63, 3.8) is 0 Å². The normalized spacial score (nSPS) is 17.8. The summed E-state index contributed by atoms with van der Waals surface area (Å²) in [6.45, 7) is 1.40. The molecule has 0 bridgehead atoms. The minimum absolute atomic E-state index is 0.0566. The molecular formula is C17H18Cl2N4O5S. The summed E-state index contributed by atoms with van der Waals surface area (Å²) in [5, 5.41) is 3.40. The predicted octanol–water partition coefficient (Wildman–Crippen LogP) is 1.72. The number of halogens is 2. The van der Waals surface area contributed by atoms with E-state index in [9.17, 15) is 22.8 Å². The van der Waals surface area contributed by atoms with Gasteiger partial charge in [-0.1, -0.05) is 23.2 Å². The highest BCUT2D eigenvalue weighted by Gasteiger charge is 2.36. The van der Waals surface area contributed by atoms with Crippen LogP contribution in [0.1, 0.15) is 18.5 Å². The minimum atomic E-state index is -4.20. The lowest BCUT2D eigenvalue weighted by Crippen LogP contribution is -2.45. The van der Waals surface area contributed by atoms with Crippen molar-refractivity contribution >= 4 is 44.8 Å². The van der Waals surface area contributed by atoms with E-state index in [1.165, 1.54) is 25.1 Å². The smallest absolute Gasteiger partial charge is 0.325 e. The summed E-state index contributed by atoms with van der Waals surface area (Å²) >= 11 is 11.9. The lowest BCUT2D eigenvalue weighted by Gasteiger charge is -2.31. The summed E-state index contributed by atoms with van der Waals surface area (Å²) in [6, 6.07) is 4.59. The average Bonchev–Trinajstić information content (AvgIpc) is 2.59.